The molecular formula is C15H23F2N3O. The predicted molar refractivity (Wildman–Crippen MR) is 79.5 cm³/mol. The second-order valence-corrected chi connectivity index (χ2v) is 6.05. The van der Waals surface area contributed by atoms with Crippen molar-refractivity contribution < 1.29 is 13.5 Å². The number of rotatable bonds is 6. The maximum Gasteiger partial charge on any atom is 0.168 e. The van der Waals surface area contributed by atoms with Gasteiger partial charge in [0.05, 0.1) is 6.10 Å². The van der Waals surface area contributed by atoms with Gasteiger partial charge in [0, 0.05) is 31.2 Å². The lowest BCUT2D eigenvalue weighted by Gasteiger charge is -2.51. The minimum Gasteiger partial charge on any atom is -0.381 e. The van der Waals surface area contributed by atoms with Crippen molar-refractivity contribution >= 4 is 11.6 Å². The van der Waals surface area contributed by atoms with Crippen molar-refractivity contribution in [3.8, 4) is 0 Å². The van der Waals surface area contributed by atoms with E-state index in [1.165, 1.54) is 0 Å². The molecule has 6 heteroatoms. The molecule has 0 radical (unpaired) electrons. The molecule has 4 nitrogen and oxygen atoms in total. The van der Waals surface area contributed by atoms with Gasteiger partial charge in [-0.05, 0) is 12.8 Å². The Morgan fingerprint density at radius 2 is 2.00 bits per heavy atom. The smallest absolute Gasteiger partial charge is 0.168 e. The number of anilines is 2. The molecule has 1 heterocycles. The van der Waals surface area contributed by atoms with Gasteiger partial charge in [0.1, 0.15) is 0 Å². The van der Waals surface area contributed by atoms with Crippen LogP contribution in [0.2, 0.25) is 0 Å². The van der Waals surface area contributed by atoms with E-state index in [9.17, 15) is 8.78 Å². The normalized spacial score (nSPS) is 23.5. The van der Waals surface area contributed by atoms with Crippen LogP contribution in [0, 0.1) is 17.0 Å². The van der Waals surface area contributed by atoms with E-state index in [2.05, 4.69) is 29.5 Å². The van der Waals surface area contributed by atoms with E-state index in [1.54, 1.807) is 7.11 Å². The van der Waals surface area contributed by atoms with E-state index >= 15 is 0 Å². The molecule has 2 N–H and O–H groups in total. The molecule has 0 bridgehead atoms. The number of nitrogens with zero attached hydrogens (tertiary/aromatic N) is 1. The SMILES string of the molecule is CCCNc1nc(NC2CC(OC)C2(C)C)c(F)cc1F. The van der Waals surface area contributed by atoms with Crippen LogP contribution in [0.3, 0.4) is 0 Å². The minimum absolute atomic E-state index is 0.0499. The molecule has 0 saturated heterocycles. The van der Waals surface area contributed by atoms with Crippen molar-refractivity contribution in [3.05, 3.63) is 17.7 Å². The van der Waals surface area contributed by atoms with Crippen molar-refractivity contribution in [1.29, 1.82) is 0 Å². The molecule has 1 aliphatic rings. The molecule has 118 valence electrons. The molecule has 1 saturated carbocycles. The number of halogens is 2. The Balaban J connectivity index is 2.13. The molecular weight excluding hydrogens is 276 g/mol. The van der Waals surface area contributed by atoms with Crippen LogP contribution in [0.4, 0.5) is 20.4 Å². The maximum absolute atomic E-state index is 13.9. The zero-order chi connectivity index (χ0) is 15.6. The lowest BCUT2D eigenvalue weighted by molar-refractivity contribution is -0.0796. The van der Waals surface area contributed by atoms with Gasteiger partial charge in [0.15, 0.2) is 23.3 Å². The van der Waals surface area contributed by atoms with Crippen LogP contribution in [-0.2, 0) is 4.74 Å². The summed E-state index contributed by atoms with van der Waals surface area (Å²) in [5.41, 5.74) is -0.117. The van der Waals surface area contributed by atoms with Crippen molar-refractivity contribution in [2.75, 3.05) is 24.3 Å². The molecule has 21 heavy (non-hydrogen) atoms. The lowest BCUT2D eigenvalue weighted by Crippen LogP contribution is -2.57. The molecule has 1 fully saturated rings. The van der Waals surface area contributed by atoms with E-state index in [1.807, 2.05) is 6.92 Å². The first-order chi connectivity index (χ1) is 9.90. The van der Waals surface area contributed by atoms with Crippen molar-refractivity contribution in [3.63, 3.8) is 0 Å². The van der Waals surface area contributed by atoms with Crippen LogP contribution in [0.1, 0.15) is 33.6 Å². The monoisotopic (exact) mass is 299 g/mol. The van der Waals surface area contributed by atoms with Gasteiger partial charge in [-0.1, -0.05) is 20.8 Å². The predicted octanol–water partition coefficient (Wildman–Crippen LogP) is 3.41. The topological polar surface area (TPSA) is 46.2 Å². The summed E-state index contributed by atoms with van der Waals surface area (Å²) < 4.78 is 32.9. The van der Waals surface area contributed by atoms with E-state index in [0.717, 1.165) is 18.9 Å². The van der Waals surface area contributed by atoms with Crippen LogP contribution in [0.15, 0.2) is 6.07 Å². The number of aromatic nitrogens is 1. The van der Waals surface area contributed by atoms with Crippen LogP contribution in [0.5, 0.6) is 0 Å². The average molecular weight is 299 g/mol. The van der Waals surface area contributed by atoms with Gasteiger partial charge >= 0.3 is 0 Å². The van der Waals surface area contributed by atoms with Gasteiger partial charge < -0.3 is 15.4 Å². The summed E-state index contributed by atoms with van der Waals surface area (Å²) in [6.45, 7) is 6.67. The quantitative estimate of drug-likeness (QED) is 0.845. The third-order valence-electron chi connectivity index (χ3n) is 4.25. The second kappa shape index (κ2) is 6.13. The average Bonchev–Trinajstić information content (AvgIpc) is 2.43. The Labute approximate surface area is 124 Å². The first-order valence-corrected chi connectivity index (χ1v) is 7.29. The third kappa shape index (κ3) is 3.10. The number of hydrogen-bond donors (Lipinski definition) is 2. The zero-order valence-corrected chi connectivity index (χ0v) is 13.0. The van der Waals surface area contributed by atoms with Crippen molar-refractivity contribution in [2.45, 2.75) is 45.8 Å². The standard InChI is InChI=1S/C15H23F2N3O/c1-5-6-18-13-9(16)7-10(17)14(20-13)19-11-8-12(21-4)15(11,2)3/h7,11-12H,5-6,8H2,1-4H3,(H2,18,19,20). The summed E-state index contributed by atoms with van der Waals surface area (Å²) in [4.78, 5) is 4.03. The molecule has 0 aromatic carbocycles. The highest BCUT2D eigenvalue weighted by molar-refractivity contribution is 5.48. The Morgan fingerprint density at radius 1 is 1.33 bits per heavy atom. The van der Waals surface area contributed by atoms with Gasteiger partial charge in [0.2, 0.25) is 0 Å². The summed E-state index contributed by atoms with van der Waals surface area (Å²) >= 11 is 0. The first kappa shape index (κ1) is 15.9. The fraction of sp³-hybridized carbons (Fsp3) is 0.667. The highest BCUT2D eigenvalue weighted by atomic mass is 19.1. The molecule has 2 unspecified atom stereocenters. The molecule has 1 aliphatic carbocycles. The molecule has 0 aliphatic heterocycles. The van der Waals surface area contributed by atoms with Crippen LogP contribution < -0.4 is 10.6 Å². The Morgan fingerprint density at radius 3 is 2.57 bits per heavy atom. The van der Waals surface area contributed by atoms with E-state index < -0.39 is 11.6 Å². The van der Waals surface area contributed by atoms with Crippen molar-refractivity contribution in [2.24, 2.45) is 5.41 Å². The Bertz CT molecular complexity index is 508. The molecule has 2 rings (SSSR count). The highest BCUT2D eigenvalue weighted by Gasteiger charge is 2.49. The summed E-state index contributed by atoms with van der Waals surface area (Å²) in [7, 11) is 1.67. The third-order valence-corrected chi connectivity index (χ3v) is 4.25. The largest absolute Gasteiger partial charge is 0.381 e. The van der Waals surface area contributed by atoms with Gasteiger partial charge in [-0.15, -0.1) is 0 Å². The molecule has 0 spiro atoms. The van der Waals surface area contributed by atoms with Gasteiger partial charge in [0.25, 0.3) is 0 Å². The zero-order valence-electron chi connectivity index (χ0n) is 13.0. The Hall–Kier alpha value is -1.43. The first-order valence-electron chi connectivity index (χ1n) is 7.29. The van der Waals surface area contributed by atoms with E-state index in [0.29, 0.717) is 6.54 Å². The van der Waals surface area contributed by atoms with Gasteiger partial charge in [-0.3, -0.25) is 0 Å². The highest BCUT2D eigenvalue weighted by Crippen LogP contribution is 2.44. The molecule has 1 aromatic heterocycles. The van der Waals surface area contributed by atoms with Crippen LogP contribution in [0.25, 0.3) is 0 Å². The summed E-state index contributed by atoms with van der Waals surface area (Å²) in [6.07, 6.45) is 1.75. The molecule has 2 atom stereocenters. The van der Waals surface area contributed by atoms with Gasteiger partial charge in [-0.25, -0.2) is 13.8 Å². The number of pyridine rings is 1. The van der Waals surface area contributed by atoms with Crippen molar-refractivity contribution in [1.82, 2.24) is 4.98 Å². The fourth-order valence-corrected chi connectivity index (χ4v) is 2.63. The van der Waals surface area contributed by atoms with E-state index in [4.69, 9.17) is 4.74 Å². The number of methoxy groups -OCH3 is 1. The number of hydrogen-bond acceptors (Lipinski definition) is 4. The molecule has 0 amide bonds. The van der Waals surface area contributed by atoms with Gasteiger partial charge in [-0.2, -0.15) is 0 Å². The summed E-state index contributed by atoms with van der Waals surface area (Å²) in [5, 5.41) is 5.94. The number of nitrogens with one attached hydrogen (secondary N) is 2. The summed E-state index contributed by atoms with van der Waals surface area (Å²) in [5.74, 6) is -1.18. The minimum atomic E-state index is -0.675. The number of ether oxygens (including phenoxy) is 1. The second-order valence-electron chi connectivity index (χ2n) is 6.05. The van der Waals surface area contributed by atoms with Crippen LogP contribution in [-0.4, -0.2) is 30.8 Å². The molecule has 1 aromatic rings. The fourth-order valence-electron chi connectivity index (χ4n) is 2.63. The Kier molecular flexibility index (Phi) is 4.66. The lowest BCUT2D eigenvalue weighted by atomic mass is 9.64. The van der Waals surface area contributed by atoms with Crippen LogP contribution >= 0.6 is 0 Å². The maximum atomic E-state index is 13.9. The van der Waals surface area contributed by atoms with E-state index in [-0.39, 0.29) is 29.2 Å². The summed E-state index contributed by atoms with van der Waals surface area (Å²) in [6, 6.07) is 0.918.